The summed E-state index contributed by atoms with van der Waals surface area (Å²) in [5.41, 5.74) is 7.64. The van der Waals surface area contributed by atoms with E-state index in [0.717, 1.165) is 30.8 Å². The zero-order chi connectivity index (χ0) is 8.55. The molecule has 12 heavy (non-hydrogen) atoms. The van der Waals surface area contributed by atoms with Crippen LogP contribution >= 0.6 is 11.6 Å². The molecule has 64 valence electrons. The maximum atomic E-state index is 5.67. The Morgan fingerprint density at radius 3 is 3.08 bits per heavy atom. The van der Waals surface area contributed by atoms with E-state index >= 15 is 0 Å². The molecule has 0 saturated carbocycles. The summed E-state index contributed by atoms with van der Waals surface area (Å²) in [5, 5.41) is 3.44. The molecule has 0 unspecified atom stereocenters. The number of aromatic nitrogens is 2. The van der Waals surface area contributed by atoms with Crippen LogP contribution in [-0.4, -0.2) is 16.5 Å². The molecule has 1 aliphatic heterocycles. The molecule has 1 aromatic rings. The Kier molecular flexibility index (Phi) is 1.86. The molecule has 5 heteroatoms. The van der Waals surface area contributed by atoms with E-state index in [0.29, 0.717) is 5.82 Å². The van der Waals surface area contributed by atoms with E-state index in [1.165, 1.54) is 0 Å². The lowest BCUT2D eigenvalue weighted by molar-refractivity contribution is 0.628. The van der Waals surface area contributed by atoms with E-state index in [-0.39, 0.29) is 5.28 Å². The van der Waals surface area contributed by atoms with E-state index in [1.807, 2.05) is 0 Å². The zero-order valence-corrected chi connectivity index (χ0v) is 7.23. The van der Waals surface area contributed by atoms with E-state index < -0.39 is 0 Å². The molecule has 0 atom stereocenters. The molecule has 0 fully saturated rings. The standard InChI is InChI=1S/C7H9ClN4/c8-7-11-5-1-2-10-3-4(5)6(9)12-7/h10H,1-3H2,(H2,9,11,12). The van der Waals surface area contributed by atoms with Gasteiger partial charge in [0.05, 0.1) is 5.69 Å². The minimum atomic E-state index is 0.244. The molecule has 0 bridgehead atoms. The van der Waals surface area contributed by atoms with Crippen LogP contribution < -0.4 is 11.1 Å². The second-order valence-corrected chi connectivity index (χ2v) is 3.07. The van der Waals surface area contributed by atoms with Crippen molar-refractivity contribution >= 4 is 17.4 Å². The van der Waals surface area contributed by atoms with Gasteiger partial charge in [0.1, 0.15) is 5.82 Å². The average molecular weight is 185 g/mol. The number of hydrogen-bond acceptors (Lipinski definition) is 4. The molecular weight excluding hydrogens is 176 g/mol. The SMILES string of the molecule is Nc1nc(Cl)nc2c1CNCC2. The van der Waals surface area contributed by atoms with Crippen LogP contribution in [0.25, 0.3) is 0 Å². The molecule has 1 aliphatic rings. The lowest BCUT2D eigenvalue weighted by Crippen LogP contribution is -2.26. The van der Waals surface area contributed by atoms with Gasteiger partial charge in [0.15, 0.2) is 0 Å². The number of hydrogen-bond donors (Lipinski definition) is 2. The first-order chi connectivity index (χ1) is 5.77. The summed E-state index contributed by atoms with van der Waals surface area (Å²) in [4.78, 5) is 7.99. The maximum Gasteiger partial charge on any atom is 0.224 e. The Bertz CT molecular complexity index is 313. The first-order valence-electron chi connectivity index (χ1n) is 3.79. The maximum absolute atomic E-state index is 5.67. The average Bonchev–Trinajstić information content (AvgIpc) is 2.04. The summed E-state index contributed by atoms with van der Waals surface area (Å²) in [6.45, 7) is 1.68. The number of nitrogens with one attached hydrogen (secondary N) is 1. The Morgan fingerprint density at radius 2 is 2.25 bits per heavy atom. The minimum Gasteiger partial charge on any atom is -0.383 e. The number of fused-ring (bicyclic) bond motifs is 1. The van der Waals surface area contributed by atoms with Gasteiger partial charge in [-0.15, -0.1) is 0 Å². The van der Waals surface area contributed by atoms with Gasteiger partial charge < -0.3 is 11.1 Å². The van der Waals surface area contributed by atoms with Crippen molar-refractivity contribution < 1.29 is 0 Å². The summed E-state index contributed by atoms with van der Waals surface area (Å²) in [6.07, 6.45) is 0.877. The predicted octanol–water partition coefficient (Wildman–Crippen LogP) is 0.358. The second-order valence-electron chi connectivity index (χ2n) is 2.73. The topological polar surface area (TPSA) is 63.8 Å². The third kappa shape index (κ3) is 1.23. The third-order valence-corrected chi connectivity index (χ3v) is 2.11. The van der Waals surface area contributed by atoms with E-state index in [4.69, 9.17) is 17.3 Å². The molecule has 2 heterocycles. The number of nitrogens with two attached hydrogens (primary N) is 1. The van der Waals surface area contributed by atoms with Crippen LogP contribution in [-0.2, 0) is 13.0 Å². The Morgan fingerprint density at radius 1 is 1.42 bits per heavy atom. The summed E-state index contributed by atoms with van der Waals surface area (Å²) in [6, 6.07) is 0. The lowest BCUT2D eigenvalue weighted by Gasteiger charge is -2.16. The zero-order valence-electron chi connectivity index (χ0n) is 6.47. The van der Waals surface area contributed by atoms with Crippen LogP contribution in [0, 0.1) is 0 Å². The number of nitrogens with zero attached hydrogens (tertiary/aromatic N) is 2. The van der Waals surface area contributed by atoms with Gasteiger partial charge >= 0.3 is 0 Å². The summed E-state index contributed by atoms with van der Waals surface area (Å²) < 4.78 is 0. The molecule has 0 radical (unpaired) electrons. The van der Waals surface area contributed by atoms with Crippen molar-refractivity contribution in [3.8, 4) is 0 Å². The molecule has 2 rings (SSSR count). The summed E-state index contributed by atoms with van der Waals surface area (Å²) in [7, 11) is 0. The van der Waals surface area contributed by atoms with Crippen LogP contribution in [0.4, 0.5) is 5.82 Å². The molecule has 0 aliphatic carbocycles. The van der Waals surface area contributed by atoms with Gasteiger partial charge in [-0.25, -0.2) is 9.97 Å². The molecular formula is C7H9ClN4. The fourth-order valence-corrected chi connectivity index (χ4v) is 1.53. The van der Waals surface area contributed by atoms with Crippen molar-refractivity contribution in [1.82, 2.24) is 15.3 Å². The molecule has 0 aromatic carbocycles. The van der Waals surface area contributed by atoms with Gasteiger partial charge in [0.25, 0.3) is 0 Å². The van der Waals surface area contributed by atoms with Crippen molar-refractivity contribution in [2.75, 3.05) is 12.3 Å². The normalized spacial score (nSPS) is 15.8. The first kappa shape index (κ1) is 7.76. The van der Waals surface area contributed by atoms with Gasteiger partial charge in [-0.1, -0.05) is 0 Å². The number of halogens is 1. The van der Waals surface area contributed by atoms with Crippen molar-refractivity contribution in [2.24, 2.45) is 0 Å². The molecule has 0 spiro atoms. The van der Waals surface area contributed by atoms with Crippen LogP contribution in [0.15, 0.2) is 0 Å². The predicted molar refractivity (Wildman–Crippen MR) is 46.9 cm³/mol. The molecule has 4 nitrogen and oxygen atoms in total. The van der Waals surface area contributed by atoms with Crippen LogP contribution in [0.3, 0.4) is 0 Å². The molecule has 3 N–H and O–H groups in total. The lowest BCUT2D eigenvalue weighted by atomic mass is 10.1. The van der Waals surface area contributed by atoms with E-state index in [9.17, 15) is 0 Å². The Hall–Kier alpha value is -0.870. The fraction of sp³-hybridized carbons (Fsp3) is 0.429. The highest BCUT2D eigenvalue weighted by Crippen LogP contribution is 2.18. The number of nitrogen functional groups attached to an aromatic ring is 1. The Labute approximate surface area is 75.2 Å². The van der Waals surface area contributed by atoms with E-state index in [1.54, 1.807) is 0 Å². The summed E-state index contributed by atoms with van der Waals surface area (Å²) >= 11 is 5.66. The van der Waals surface area contributed by atoms with Crippen molar-refractivity contribution in [1.29, 1.82) is 0 Å². The summed E-state index contributed by atoms with van der Waals surface area (Å²) in [5.74, 6) is 0.497. The largest absolute Gasteiger partial charge is 0.383 e. The van der Waals surface area contributed by atoms with Crippen LogP contribution in [0.2, 0.25) is 5.28 Å². The molecule has 1 aromatic heterocycles. The molecule has 0 saturated heterocycles. The minimum absolute atomic E-state index is 0.244. The monoisotopic (exact) mass is 184 g/mol. The quantitative estimate of drug-likeness (QED) is 0.572. The van der Waals surface area contributed by atoms with Gasteiger partial charge in [-0.3, -0.25) is 0 Å². The number of anilines is 1. The highest BCUT2D eigenvalue weighted by molar-refractivity contribution is 6.28. The highest BCUT2D eigenvalue weighted by Gasteiger charge is 2.14. The van der Waals surface area contributed by atoms with Crippen LogP contribution in [0.5, 0.6) is 0 Å². The second kappa shape index (κ2) is 2.88. The van der Waals surface area contributed by atoms with Crippen molar-refractivity contribution in [3.63, 3.8) is 0 Å². The third-order valence-electron chi connectivity index (χ3n) is 1.94. The van der Waals surface area contributed by atoms with Crippen molar-refractivity contribution in [2.45, 2.75) is 13.0 Å². The number of rotatable bonds is 0. The van der Waals surface area contributed by atoms with Gasteiger partial charge in [-0.05, 0) is 11.6 Å². The first-order valence-corrected chi connectivity index (χ1v) is 4.16. The van der Waals surface area contributed by atoms with Gasteiger partial charge in [0, 0.05) is 25.1 Å². The fourth-order valence-electron chi connectivity index (χ4n) is 1.34. The smallest absolute Gasteiger partial charge is 0.224 e. The highest BCUT2D eigenvalue weighted by atomic mass is 35.5. The Balaban J connectivity index is 2.53. The van der Waals surface area contributed by atoms with Crippen molar-refractivity contribution in [3.05, 3.63) is 16.5 Å². The van der Waals surface area contributed by atoms with Gasteiger partial charge in [-0.2, -0.15) is 0 Å². The van der Waals surface area contributed by atoms with Gasteiger partial charge in [0.2, 0.25) is 5.28 Å². The van der Waals surface area contributed by atoms with E-state index in [2.05, 4.69) is 15.3 Å². The molecule has 0 amide bonds. The van der Waals surface area contributed by atoms with Crippen LogP contribution in [0.1, 0.15) is 11.3 Å².